The smallest absolute Gasteiger partial charge is 0.241 e. The summed E-state index contributed by atoms with van der Waals surface area (Å²) in [5, 5.41) is 0. The predicted molar refractivity (Wildman–Crippen MR) is 84.3 cm³/mol. The second-order valence-corrected chi connectivity index (χ2v) is 7.18. The Balaban J connectivity index is 2.89. The van der Waals surface area contributed by atoms with Crippen molar-refractivity contribution in [3.05, 3.63) is 23.3 Å². The highest BCUT2D eigenvalue weighted by atomic mass is 32.2. The molecule has 0 bridgehead atoms. The van der Waals surface area contributed by atoms with E-state index in [2.05, 4.69) is 11.6 Å². The zero-order valence-electron chi connectivity index (χ0n) is 12.9. The number of unbranched alkanes of at least 4 members (excludes halogenated alkanes) is 2. The van der Waals surface area contributed by atoms with E-state index in [1.165, 1.54) is 0 Å². The van der Waals surface area contributed by atoms with Gasteiger partial charge in [-0.2, -0.15) is 0 Å². The van der Waals surface area contributed by atoms with E-state index in [4.69, 9.17) is 5.73 Å². The number of sulfonamides is 1. The highest BCUT2D eigenvalue weighted by Gasteiger charge is 2.20. The zero-order valence-corrected chi connectivity index (χ0v) is 13.7. The lowest BCUT2D eigenvalue weighted by Gasteiger charge is -2.16. The summed E-state index contributed by atoms with van der Waals surface area (Å²) in [6.45, 7) is 7.63. The van der Waals surface area contributed by atoms with Crippen LogP contribution in [0.3, 0.4) is 0 Å². The summed E-state index contributed by atoms with van der Waals surface area (Å²) >= 11 is 0. The molecule has 3 N–H and O–H groups in total. The molecule has 1 aromatic carbocycles. The number of benzene rings is 1. The Morgan fingerprint density at radius 3 is 2.50 bits per heavy atom. The van der Waals surface area contributed by atoms with Gasteiger partial charge in [0, 0.05) is 11.7 Å². The van der Waals surface area contributed by atoms with Crippen molar-refractivity contribution in [2.45, 2.75) is 64.3 Å². The normalized spacial score (nSPS) is 13.4. The van der Waals surface area contributed by atoms with Crippen molar-refractivity contribution >= 4 is 15.7 Å². The van der Waals surface area contributed by atoms with Crippen molar-refractivity contribution in [1.82, 2.24) is 4.72 Å². The zero-order chi connectivity index (χ0) is 15.3. The van der Waals surface area contributed by atoms with Gasteiger partial charge in [-0.25, -0.2) is 13.1 Å². The maximum Gasteiger partial charge on any atom is 0.241 e. The molecule has 1 aromatic rings. The van der Waals surface area contributed by atoms with Gasteiger partial charge in [-0.05, 0) is 50.5 Å². The first-order valence-electron chi connectivity index (χ1n) is 7.17. The first kappa shape index (κ1) is 17.0. The first-order valence-corrected chi connectivity index (χ1v) is 8.65. The molecule has 1 atom stereocenters. The van der Waals surface area contributed by atoms with E-state index < -0.39 is 10.0 Å². The lowest BCUT2D eigenvalue weighted by Crippen LogP contribution is -2.33. The Hall–Kier alpha value is -1.07. The Morgan fingerprint density at radius 2 is 1.90 bits per heavy atom. The second kappa shape index (κ2) is 7.09. The predicted octanol–water partition coefficient (Wildman–Crippen LogP) is 3.13. The molecule has 0 aliphatic heterocycles. The van der Waals surface area contributed by atoms with Gasteiger partial charge in [-0.1, -0.05) is 26.2 Å². The quantitative estimate of drug-likeness (QED) is 0.600. The van der Waals surface area contributed by atoms with Crippen molar-refractivity contribution in [2.75, 3.05) is 5.73 Å². The van der Waals surface area contributed by atoms with Gasteiger partial charge in [0.1, 0.15) is 0 Å². The van der Waals surface area contributed by atoms with E-state index >= 15 is 0 Å². The summed E-state index contributed by atoms with van der Waals surface area (Å²) in [4.78, 5) is 0.289. The Kier molecular flexibility index (Phi) is 6.02. The van der Waals surface area contributed by atoms with E-state index in [0.29, 0.717) is 11.3 Å². The van der Waals surface area contributed by atoms with Crippen LogP contribution in [-0.4, -0.2) is 14.5 Å². The summed E-state index contributed by atoms with van der Waals surface area (Å²) in [5.74, 6) is 0. The fourth-order valence-corrected chi connectivity index (χ4v) is 3.86. The number of hydrogen-bond donors (Lipinski definition) is 2. The molecule has 0 saturated carbocycles. The van der Waals surface area contributed by atoms with Gasteiger partial charge in [-0.15, -0.1) is 0 Å². The van der Waals surface area contributed by atoms with Crippen LogP contribution >= 0.6 is 0 Å². The van der Waals surface area contributed by atoms with E-state index in [0.717, 1.165) is 31.2 Å². The molecule has 0 amide bonds. The number of nitrogens with one attached hydrogen (secondary N) is 1. The molecule has 0 fully saturated rings. The van der Waals surface area contributed by atoms with Crippen LogP contribution in [-0.2, 0) is 10.0 Å². The third-order valence-corrected chi connectivity index (χ3v) is 5.15. The molecule has 5 heteroatoms. The van der Waals surface area contributed by atoms with E-state index in [1.54, 1.807) is 19.1 Å². The maximum atomic E-state index is 12.4. The second-order valence-electron chi connectivity index (χ2n) is 5.50. The molecule has 1 rings (SSSR count). The molecule has 0 heterocycles. The van der Waals surface area contributed by atoms with Gasteiger partial charge >= 0.3 is 0 Å². The van der Waals surface area contributed by atoms with E-state index in [9.17, 15) is 8.42 Å². The minimum atomic E-state index is -3.50. The first-order chi connectivity index (χ1) is 9.27. The Bertz CT molecular complexity index is 553. The third-order valence-electron chi connectivity index (χ3n) is 3.43. The topological polar surface area (TPSA) is 72.2 Å². The summed E-state index contributed by atoms with van der Waals surface area (Å²) < 4.78 is 27.6. The maximum absolute atomic E-state index is 12.4. The average molecular weight is 298 g/mol. The monoisotopic (exact) mass is 298 g/mol. The van der Waals surface area contributed by atoms with E-state index in [-0.39, 0.29) is 10.9 Å². The average Bonchev–Trinajstić information content (AvgIpc) is 2.33. The molecular weight excluding hydrogens is 272 g/mol. The number of nitrogen functional groups attached to an aromatic ring is 1. The highest BCUT2D eigenvalue weighted by Crippen LogP contribution is 2.23. The van der Waals surface area contributed by atoms with Gasteiger partial charge in [0.2, 0.25) is 10.0 Å². The molecule has 0 spiro atoms. The van der Waals surface area contributed by atoms with E-state index in [1.807, 2.05) is 13.8 Å². The van der Waals surface area contributed by atoms with Crippen molar-refractivity contribution in [2.24, 2.45) is 0 Å². The van der Waals surface area contributed by atoms with Gasteiger partial charge < -0.3 is 5.73 Å². The van der Waals surface area contributed by atoms with Crippen LogP contribution in [0.1, 0.15) is 50.7 Å². The molecule has 1 unspecified atom stereocenters. The van der Waals surface area contributed by atoms with Crippen LogP contribution in [0.4, 0.5) is 5.69 Å². The lowest BCUT2D eigenvalue weighted by atomic mass is 10.1. The van der Waals surface area contributed by atoms with Gasteiger partial charge in [0.25, 0.3) is 0 Å². The van der Waals surface area contributed by atoms with Crippen LogP contribution < -0.4 is 10.5 Å². The number of anilines is 1. The number of nitrogens with two attached hydrogens (primary N) is 1. The van der Waals surface area contributed by atoms with Crippen molar-refractivity contribution < 1.29 is 8.42 Å². The third kappa shape index (κ3) is 4.49. The summed E-state index contributed by atoms with van der Waals surface area (Å²) in [7, 11) is -3.50. The van der Waals surface area contributed by atoms with Gasteiger partial charge in [-0.3, -0.25) is 0 Å². The number of aryl methyl sites for hydroxylation is 1. The molecule has 0 aromatic heterocycles. The summed E-state index contributed by atoms with van der Waals surface area (Å²) in [6, 6.07) is 3.40. The standard InChI is InChI=1S/C15H26N2O2S/c1-5-6-7-8-12(3)17-20(18,19)15-10-11(2)9-14(16)13(15)4/h9-10,12,17H,5-8,16H2,1-4H3. The van der Waals surface area contributed by atoms with Crippen LogP contribution in [0.25, 0.3) is 0 Å². The molecule has 0 aliphatic carbocycles. The van der Waals surface area contributed by atoms with Crippen LogP contribution in [0.2, 0.25) is 0 Å². The SMILES string of the molecule is CCCCCC(C)NS(=O)(=O)c1cc(C)cc(N)c1C. The minimum Gasteiger partial charge on any atom is -0.398 e. The summed E-state index contributed by atoms with van der Waals surface area (Å²) in [6.07, 6.45) is 4.15. The van der Waals surface area contributed by atoms with Crippen molar-refractivity contribution in [3.8, 4) is 0 Å². The molecule has 4 nitrogen and oxygen atoms in total. The van der Waals surface area contributed by atoms with Crippen LogP contribution in [0, 0.1) is 13.8 Å². The number of hydrogen-bond acceptors (Lipinski definition) is 3. The Morgan fingerprint density at radius 1 is 1.25 bits per heavy atom. The summed E-state index contributed by atoms with van der Waals surface area (Å²) in [5.41, 5.74) is 7.84. The molecular formula is C15H26N2O2S. The lowest BCUT2D eigenvalue weighted by molar-refractivity contribution is 0.527. The molecule has 0 aliphatic rings. The fourth-order valence-electron chi connectivity index (χ4n) is 2.22. The molecule has 0 radical (unpaired) electrons. The van der Waals surface area contributed by atoms with Crippen molar-refractivity contribution in [1.29, 1.82) is 0 Å². The minimum absolute atomic E-state index is 0.0623. The largest absolute Gasteiger partial charge is 0.398 e. The van der Waals surface area contributed by atoms with Crippen molar-refractivity contribution in [3.63, 3.8) is 0 Å². The Labute approximate surface area is 122 Å². The van der Waals surface area contributed by atoms with Gasteiger partial charge in [0.15, 0.2) is 0 Å². The van der Waals surface area contributed by atoms with Crippen LogP contribution in [0.5, 0.6) is 0 Å². The number of rotatable bonds is 7. The van der Waals surface area contributed by atoms with Gasteiger partial charge in [0.05, 0.1) is 4.90 Å². The van der Waals surface area contributed by atoms with Crippen LogP contribution in [0.15, 0.2) is 17.0 Å². The fraction of sp³-hybridized carbons (Fsp3) is 0.600. The molecule has 20 heavy (non-hydrogen) atoms. The molecule has 114 valence electrons. The molecule has 0 saturated heterocycles. The highest BCUT2D eigenvalue weighted by molar-refractivity contribution is 7.89.